The molecule has 15 heavy (non-hydrogen) atoms. The molecule has 2 N–H and O–H groups in total. The third-order valence-electron chi connectivity index (χ3n) is 1.82. The topological polar surface area (TPSA) is 70.4 Å². The fraction of sp³-hybridized carbons (Fsp3) is 0.400. The maximum atomic E-state index is 10.8. The zero-order valence-electron chi connectivity index (χ0n) is 8.38. The highest BCUT2D eigenvalue weighted by molar-refractivity contribution is 7.99. The number of hydrogen-bond acceptors (Lipinski definition) is 4. The molecule has 0 spiro atoms. The molecule has 5 heteroatoms. The van der Waals surface area contributed by atoms with E-state index in [9.17, 15) is 4.79 Å². The van der Waals surface area contributed by atoms with E-state index >= 15 is 0 Å². The molecular formula is C10H13NO3S. The number of aromatic carboxylic acids is 1. The van der Waals surface area contributed by atoms with Crippen molar-refractivity contribution in [1.82, 2.24) is 4.98 Å². The Hall–Kier alpha value is -1.07. The summed E-state index contributed by atoms with van der Waals surface area (Å²) in [6, 6.07) is 3.13. The second-order valence-electron chi connectivity index (χ2n) is 3.26. The number of aliphatic hydroxyl groups is 1. The highest BCUT2D eigenvalue weighted by atomic mass is 32.2. The number of pyridine rings is 1. The van der Waals surface area contributed by atoms with Gasteiger partial charge >= 0.3 is 5.97 Å². The zero-order chi connectivity index (χ0) is 11.3. The summed E-state index contributed by atoms with van der Waals surface area (Å²) in [5.74, 6) is -0.172. The van der Waals surface area contributed by atoms with E-state index in [1.54, 1.807) is 12.3 Å². The number of aromatic nitrogens is 1. The van der Waals surface area contributed by atoms with Gasteiger partial charge in [-0.3, -0.25) is 0 Å². The van der Waals surface area contributed by atoms with E-state index < -0.39 is 5.97 Å². The average molecular weight is 227 g/mol. The van der Waals surface area contributed by atoms with Crippen LogP contribution in [0.15, 0.2) is 23.4 Å². The minimum Gasteiger partial charge on any atom is -0.478 e. The quantitative estimate of drug-likeness (QED) is 0.746. The van der Waals surface area contributed by atoms with E-state index in [1.165, 1.54) is 17.8 Å². The first-order chi connectivity index (χ1) is 7.15. The zero-order valence-corrected chi connectivity index (χ0v) is 9.20. The Balaban J connectivity index is 2.72. The summed E-state index contributed by atoms with van der Waals surface area (Å²) in [4.78, 5) is 14.8. The Morgan fingerprint density at radius 3 is 3.00 bits per heavy atom. The molecule has 0 saturated carbocycles. The summed E-state index contributed by atoms with van der Waals surface area (Å²) in [6.45, 7) is 2.00. The van der Waals surface area contributed by atoms with Gasteiger partial charge in [-0.05, 0) is 18.1 Å². The SMILES string of the molecule is CC(CO)CSc1ncccc1C(=O)O. The summed E-state index contributed by atoms with van der Waals surface area (Å²) in [5.41, 5.74) is 0.215. The number of aliphatic hydroxyl groups excluding tert-OH is 1. The molecule has 0 saturated heterocycles. The molecule has 0 radical (unpaired) electrons. The minimum absolute atomic E-state index is 0.0994. The second-order valence-corrected chi connectivity index (χ2v) is 4.27. The van der Waals surface area contributed by atoms with Gasteiger partial charge < -0.3 is 10.2 Å². The van der Waals surface area contributed by atoms with Crippen LogP contribution in [0.3, 0.4) is 0 Å². The minimum atomic E-state index is -0.970. The maximum Gasteiger partial charge on any atom is 0.338 e. The van der Waals surface area contributed by atoms with Crippen LogP contribution in [0.5, 0.6) is 0 Å². The smallest absolute Gasteiger partial charge is 0.338 e. The number of rotatable bonds is 5. The molecule has 1 aromatic rings. The molecule has 0 amide bonds. The molecule has 1 aromatic heterocycles. The number of thioether (sulfide) groups is 1. The molecule has 1 heterocycles. The number of nitrogens with zero attached hydrogens (tertiary/aromatic N) is 1. The highest BCUT2D eigenvalue weighted by Crippen LogP contribution is 2.22. The van der Waals surface area contributed by atoms with Gasteiger partial charge in [0.25, 0.3) is 0 Å². The Kier molecular flexibility index (Phi) is 4.58. The van der Waals surface area contributed by atoms with E-state index in [4.69, 9.17) is 10.2 Å². The molecule has 0 aliphatic carbocycles. The lowest BCUT2D eigenvalue weighted by Gasteiger charge is -2.07. The molecule has 0 aromatic carbocycles. The van der Waals surface area contributed by atoms with E-state index in [1.807, 2.05) is 6.92 Å². The van der Waals surface area contributed by atoms with Gasteiger partial charge in [-0.1, -0.05) is 6.92 Å². The van der Waals surface area contributed by atoms with Crippen LogP contribution < -0.4 is 0 Å². The normalized spacial score (nSPS) is 12.4. The van der Waals surface area contributed by atoms with Gasteiger partial charge in [0.05, 0.1) is 5.56 Å². The van der Waals surface area contributed by atoms with Crippen LogP contribution in [-0.4, -0.2) is 33.5 Å². The van der Waals surface area contributed by atoms with E-state index in [2.05, 4.69) is 4.98 Å². The van der Waals surface area contributed by atoms with Crippen molar-refractivity contribution in [1.29, 1.82) is 0 Å². The summed E-state index contributed by atoms with van der Waals surface area (Å²) >= 11 is 1.36. The van der Waals surface area contributed by atoms with Crippen molar-refractivity contribution in [2.45, 2.75) is 11.9 Å². The lowest BCUT2D eigenvalue weighted by atomic mass is 10.2. The molecule has 0 bridgehead atoms. The Morgan fingerprint density at radius 1 is 1.67 bits per heavy atom. The number of hydrogen-bond donors (Lipinski definition) is 2. The van der Waals surface area contributed by atoms with Gasteiger partial charge in [-0.15, -0.1) is 11.8 Å². The monoisotopic (exact) mass is 227 g/mol. The third-order valence-corrected chi connectivity index (χ3v) is 3.15. The van der Waals surface area contributed by atoms with E-state index in [-0.39, 0.29) is 18.1 Å². The largest absolute Gasteiger partial charge is 0.478 e. The molecule has 4 nitrogen and oxygen atoms in total. The molecule has 0 aliphatic heterocycles. The van der Waals surface area contributed by atoms with Crippen LogP contribution in [0.1, 0.15) is 17.3 Å². The van der Waals surface area contributed by atoms with Crippen LogP contribution in [0.2, 0.25) is 0 Å². The van der Waals surface area contributed by atoms with Crippen LogP contribution in [0, 0.1) is 5.92 Å². The van der Waals surface area contributed by atoms with Crippen molar-refractivity contribution in [3.63, 3.8) is 0 Å². The van der Waals surface area contributed by atoms with Crippen LogP contribution in [0.25, 0.3) is 0 Å². The van der Waals surface area contributed by atoms with Crippen molar-refractivity contribution >= 4 is 17.7 Å². The number of carboxylic acid groups (broad SMARTS) is 1. The first-order valence-electron chi connectivity index (χ1n) is 4.57. The van der Waals surface area contributed by atoms with Crippen molar-refractivity contribution in [3.8, 4) is 0 Å². The first-order valence-corrected chi connectivity index (χ1v) is 5.55. The molecular weight excluding hydrogens is 214 g/mol. The fourth-order valence-electron chi connectivity index (χ4n) is 0.943. The predicted octanol–water partition coefficient (Wildman–Crippen LogP) is 1.50. The number of carboxylic acids is 1. The van der Waals surface area contributed by atoms with E-state index in [0.717, 1.165) is 0 Å². The molecule has 1 rings (SSSR count). The van der Waals surface area contributed by atoms with Gasteiger partial charge in [0.1, 0.15) is 5.03 Å². The summed E-state index contributed by atoms with van der Waals surface area (Å²) in [7, 11) is 0. The Labute approximate surface area is 92.3 Å². The predicted molar refractivity (Wildman–Crippen MR) is 58.2 cm³/mol. The van der Waals surface area contributed by atoms with Crippen molar-refractivity contribution in [2.24, 2.45) is 5.92 Å². The first kappa shape index (κ1) is 12.0. The Morgan fingerprint density at radius 2 is 2.40 bits per heavy atom. The van der Waals surface area contributed by atoms with Gasteiger partial charge in [-0.2, -0.15) is 0 Å². The van der Waals surface area contributed by atoms with Crippen molar-refractivity contribution < 1.29 is 15.0 Å². The molecule has 1 unspecified atom stereocenters. The molecule has 1 atom stereocenters. The standard InChI is InChI=1S/C10H13NO3S/c1-7(5-12)6-15-9-8(10(13)14)3-2-4-11-9/h2-4,7,12H,5-6H2,1H3,(H,13,14). The molecule has 82 valence electrons. The average Bonchev–Trinajstić information content (AvgIpc) is 2.26. The lowest BCUT2D eigenvalue weighted by molar-refractivity contribution is 0.0692. The summed E-state index contributed by atoms with van der Waals surface area (Å²) < 4.78 is 0. The summed E-state index contributed by atoms with van der Waals surface area (Å²) in [5, 5.41) is 18.2. The van der Waals surface area contributed by atoms with Crippen LogP contribution in [-0.2, 0) is 0 Å². The van der Waals surface area contributed by atoms with Crippen LogP contribution in [0.4, 0.5) is 0 Å². The summed E-state index contributed by atoms with van der Waals surface area (Å²) in [6.07, 6.45) is 1.57. The van der Waals surface area contributed by atoms with Gasteiger partial charge in [-0.25, -0.2) is 9.78 Å². The van der Waals surface area contributed by atoms with Gasteiger partial charge in [0.15, 0.2) is 0 Å². The lowest BCUT2D eigenvalue weighted by Crippen LogP contribution is -2.06. The van der Waals surface area contributed by atoms with E-state index in [0.29, 0.717) is 10.8 Å². The van der Waals surface area contributed by atoms with Gasteiger partial charge in [0.2, 0.25) is 0 Å². The van der Waals surface area contributed by atoms with Crippen molar-refractivity contribution in [3.05, 3.63) is 23.9 Å². The van der Waals surface area contributed by atoms with Gasteiger partial charge in [0, 0.05) is 18.6 Å². The fourth-order valence-corrected chi connectivity index (χ4v) is 1.94. The third kappa shape index (κ3) is 3.53. The number of carbonyl (C=O) groups is 1. The Bertz CT molecular complexity index is 343. The second kappa shape index (κ2) is 5.72. The molecule has 0 fully saturated rings. The molecule has 0 aliphatic rings. The highest BCUT2D eigenvalue weighted by Gasteiger charge is 2.11. The maximum absolute atomic E-state index is 10.8. The van der Waals surface area contributed by atoms with Crippen molar-refractivity contribution in [2.75, 3.05) is 12.4 Å². The van der Waals surface area contributed by atoms with Crippen LogP contribution >= 0.6 is 11.8 Å².